The van der Waals surface area contributed by atoms with Gasteiger partial charge in [0, 0.05) is 51.2 Å². The van der Waals surface area contributed by atoms with E-state index in [2.05, 4.69) is 42.7 Å². The molecule has 2 heterocycles. The highest BCUT2D eigenvalue weighted by Crippen LogP contribution is 2.30. The number of carbonyl (C=O) groups is 2. The van der Waals surface area contributed by atoms with E-state index < -0.39 is 0 Å². The molecule has 0 aliphatic carbocycles. The molecule has 0 N–H and O–H groups in total. The van der Waals surface area contributed by atoms with E-state index in [4.69, 9.17) is 4.74 Å². The lowest BCUT2D eigenvalue weighted by molar-refractivity contribution is -0.138. The van der Waals surface area contributed by atoms with E-state index in [-0.39, 0.29) is 23.5 Å². The minimum Gasteiger partial charge on any atom is -0.497 e. The van der Waals surface area contributed by atoms with Crippen molar-refractivity contribution >= 4 is 17.5 Å². The summed E-state index contributed by atoms with van der Waals surface area (Å²) < 4.78 is 18.7. The second kappa shape index (κ2) is 15.7. The van der Waals surface area contributed by atoms with E-state index in [0.29, 0.717) is 32.1 Å². The molecular weight excluding hydrogens is 579 g/mol. The van der Waals surface area contributed by atoms with Crippen molar-refractivity contribution in [1.82, 2.24) is 14.7 Å². The van der Waals surface area contributed by atoms with Crippen molar-refractivity contribution in [3.05, 3.63) is 94.8 Å². The smallest absolute Gasteiger partial charge is 0.231 e. The minimum absolute atomic E-state index is 0.0387. The second-order valence-corrected chi connectivity index (χ2v) is 13.1. The molecule has 2 aliphatic rings. The fraction of sp³-hybridized carbons (Fsp3) is 0.474. The Labute approximate surface area is 273 Å². The predicted molar refractivity (Wildman–Crippen MR) is 181 cm³/mol. The fourth-order valence-electron chi connectivity index (χ4n) is 6.83. The average Bonchev–Trinajstić information content (AvgIpc) is 3.09. The number of hydrogen-bond donors (Lipinski definition) is 0. The maximum Gasteiger partial charge on any atom is 0.231 e. The van der Waals surface area contributed by atoms with Gasteiger partial charge in [-0.2, -0.15) is 0 Å². The molecule has 7 nitrogen and oxygen atoms in total. The number of likely N-dealkylation sites (tertiary alicyclic amines) is 1. The Morgan fingerprint density at radius 3 is 2.24 bits per heavy atom. The highest BCUT2D eigenvalue weighted by molar-refractivity contribution is 5.96. The van der Waals surface area contributed by atoms with Gasteiger partial charge in [0.05, 0.1) is 19.2 Å². The minimum atomic E-state index is -0.221. The van der Waals surface area contributed by atoms with Gasteiger partial charge in [-0.25, -0.2) is 4.39 Å². The molecular formula is C38H49FN4O3. The number of nitrogens with zero attached hydrogens (tertiary/aromatic N) is 4. The quantitative estimate of drug-likeness (QED) is 0.318. The Balaban J connectivity index is 1.36. The number of piperidine rings is 1. The number of anilines is 1. The van der Waals surface area contributed by atoms with Crippen LogP contribution in [0.4, 0.5) is 10.1 Å². The van der Waals surface area contributed by atoms with Crippen molar-refractivity contribution < 1.29 is 18.7 Å². The Kier molecular flexibility index (Phi) is 11.5. The average molecular weight is 629 g/mol. The lowest BCUT2D eigenvalue weighted by Gasteiger charge is -2.36. The first kappa shape index (κ1) is 33.6. The summed E-state index contributed by atoms with van der Waals surface area (Å²) in [4.78, 5) is 37.1. The van der Waals surface area contributed by atoms with E-state index in [1.54, 1.807) is 7.11 Å². The number of ether oxygens (including phenoxy) is 1. The van der Waals surface area contributed by atoms with Gasteiger partial charge >= 0.3 is 0 Å². The van der Waals surface area contributed by atoms with Gasteiger partial charge in [-0.15, -0.1) is 0 Å². The molecule has 0 aromatic heterocycles. The van der Waals surface area contributed by atoms with Crippen LogP contribution in [-0.2, 0) is 29.1 Å². The Hall–Kier alpha value is -3.75. The van der Waals surface area contributed by atoms with Crippen LogP contribution in [0.1, 0.15) is 55.4 Å². The van der Waals surface area contributed by atoms with Crippen molar-refractivity contribution in [3.8, 4) is 5.75 Å². The SMILES string of the molecule is COc1ccc(CC(=O)N2CCCN(C(C)C)CCN(C(=O)C3CCN(Cc4ccc(F)cc4)CC3)Cc3cccc(C)c32)cc1. The molecule has 0 atom stereocenters. The van der Waals surface area contributed by atoms with Crippen molar-refractivity contribution in [1.29, 1.82) is 0 Å². The molecule has 8 heteroatoms. The number of halogens is 1. The molecule has 1 saturated heterocycles. The number of benzene rings is 3. The number of carbonyl (C=O) groups excluding carboxylic acids is 2. The van der Waals surface area contributed by atoms with Gasteiger partial charge in [-0.05, 0) is 99.6 Å². The first-order valence-corrected chi connectivity index (χ1v) is 16.7. The first-order chi connectivity index (χ1) is 22.2. The predicted octanol–water partition coefficient (Wildman–Crippen LogP) is 6.07. The summed E-state index contributed by atoms with van der Waals surface area (Å²) in [7, 11) is 1.64. The van der Waals surface area contributed by atoms with E-state index in [0.717, 1.165) is 85.7 Å². The molecule has 0 radical (unpaired) electrons. The molecule has 0 saturated carbocycles. The van der Waals surface area contributed by atoms with Gasteiger partial charge < -0.3 is 14.5 Å². The van der Waals surface area contributed by atoms with Gasteiger partial charge in [0.15, 0.2) is 0 Å². The van der Waals surface area contributed by atoms with Crippen LogP contribution in [0, 0.1) is 18.7 Å². The number of para-hydroxylation sites is 1. The summed E-state index contributed by atoms with van der Waals surface area (Å²) in [6.07, 6.45) is 2.75. The van der Waals surface area contributed by atoms with Crippen molar-refractivity contribution in [2.75, 3.05) is 51.3 Å². The number of methoxy groups -OCH3 is 1. The van der Waals surface area contributed by atoms with Crippen LogP contribution in [0.3, 0.4) is 0 Å². The molecule has 0 bridgehead atoms. The van der Waals surface area contributed by atoms with E-state index in [9.17, 15) is 14.0 Å². The standard InChI is InChI=1S/C38H49FN4O3/c1-28(2)41-19-6-20-43(36(44)25-30-11-15-35(46-4)16-12-30)37-29(3)7-5-8-33(37)27-42(24-23-41)38(45)32-17-21-40(22-18-32)26-31-9-13-34(39)14-10-31/h5,7-16,28,32H,6,17-27H2,1-4H3. The summed E-state index contributed by atoms with van der Waals surface area (Å²) in [5.41, 5.74) is 5.03. The van der Waals surface area contributed by atoms with Crippen LogP contribution in [0.15, 0.2) is 66.7 Å². The molecule has 2 amide bonds. The number of hydrogen-bond acceptors (Lipinski definition) is 5. The maximum atomic E-state index is 14.2. The highest BCUT2D eigenvalue weighted by Gasteiger charge is 2.31. The number of amides is 2. The number of fused-ring (bicyclic) bond motifs is 1. The van der Waals surface area contributed by atoms with Crippen LogP contribution >= 0.6 is 0 Å². The summed E-state index contributed by atoms with van der Waals surface area (Å²) in [6, 6.07) is 20.9. The van der Waals surface area contributed by atoms with Gasteiger partial charge in [0.2, 0.25) is 11.8 Å². The van der Waals surface area contributed by atoms with Gasteiger partial charge in [0.25, 0.3) is 0 Å². The number of aryl methyl sites for hydroxylation is 1. The van der Waals surface area contributed by atoms with E-state index in [1.807, 2.05) is 52.3 Å². The molecule has 2 aliphatic heterocycles. The summed E-state index contributed by atoms with van der Waals surface area (Å²) >= 11 is 0. The van der Waals surface area contributed by atoms with Crippen molar-refractivity contribution in [3.63, 3.8) is 0 Å². The van der Waals surface area contributed by atoms with Gasteiger partial charge in [-0.3, -0.25) is 19.4 Å². The summed E-state index contributed by atoms with van der Waals surface area (Å²) in [6.45, 7) is 12.3. The van der Waals surface area contributed by atoms with Crippen molar-refractivity contribution in [2.45, 2.75) is 65.6 Å². The lowest BCUT2D eigenvalue weighted by Crippen LogP contribution is -2.45. The van der Waals surface area contributed by atoms with E-state index in [1.165, 1.54) is 12.1 Å². The Morgan fingerprint density at radius 1 is 0.870 bits per heavy atom. The summed E-state index contributed by atoms with van der Waals surface area (Å²) in [5.74, 6) is 0.768. The van der Waals surface area contributed by atoms with Gasteiger partial charge in [0.1, 0.15) is 11.6 Å². The van der Waals surface area contributed by atoms with Crippen molar-refractivity contribution in [2.24, 2.45) is 5.92 Å². The summed E-state index contributed by atoms with van der Waals surface area (Å²) in [5, 5.41) is 0. The monoisotopic (exact) mass is 628 g/mol. The van der Waals surface area contributed by atoms with Crippen LogP contribution in [0.2, 0.25) is 0 Å². The second-order valence-electron chi connectivity index (χ2n) is 13.1. The third-order valence-electron chi connectivity index (χ3n) is 9.55. The van der Waals surface area contributed by atoms with Crippen LogP contribution in [0.25, 0.3) is 0 Å². The molecule has 0 unspecified atom stereocenters. The molecule has 5 rings (SSSR count). The molecule has 1 fully saturated rings. The fourth-order valence-corrected chi connectivity index (χ4v) is 6.83. The van der Waals surface area contributed by atoms with E-state index >= 15 is 0 Å². The maximum absolute atomic E-state index is 14.2. The zero-order valence-electron chi connectivity index (χ0n) is 27.9. The number of rotatable bonds is 7. The van der Waals surface area contributed by atoms with Crippen LogP contribution < -0.4 is 9.64 Å². The molecule has 0 spiro atoms. The van der Waals surface area contributed by atoms with Crippen LogP contribution in [-0.4, -0.2) is 78.9 Å². The Bertz CT molecular complexity index is 1450. The normalized spacial score (nSPS) is 17.4. The first-order valence-electron chi connectivity index (χ1n) is 16.7. The molecule has 3 aromatic rings. The topological polar surface area (TPSA) is 56.3 Å². The largest absolute Gasteiger partial charge is 0.497 e. The third kappa shape index (κ3) is 8.53. The Morgan fingerprint density at radius 2 is 1.57 bits per heavy atom. The lowest BCUT2D eigenvalue weighted by atomic mass is 9.94. The zero-order chi connectivity index (χ0) is 32.6. The molecule has 46 heavy (non-hydrogen) atoms. The highest BCUT2D eigenvalue weighted by atomic mass is 19.1. The van der Waals surface area contributed by atoms with Gasteiger partial charge in [-0.1, -0.05) is 42.5 Å². The zero-order valence-corrected chi connectivity index (χ0v) is 27.9. The molecule has 246 valence electrons. The molecule has 3 aromatic carbocycles. The third-order valence-corrected chi connectivity index (χ3v) is 9.55. The van der Waals surface area contributed by atoms with Crippen LogP contribution in [0.5, 0.6) is 5.75 Å².